The van der Waals surface area contributed by atoms with Gasteiger partial charge in [0.1, 0.15) is 11.4 Å². The Morgan fingerprint density at radius 3 is 2.89 bits per heavy atom. The van der Waals surface area contributed by atoms with E-state index in [9.17, 15) is 4.79 Å². The summed E-state index contributed by atoms with van der Waals surface area (Å²) in [4.78, 5) is 15.2. The molecule has 0 amide bonds. The van der Waals surface area contributed by atoms with Crippen LogP contribution in [0.4, 0.5) is 0 Å². The van der Waals surface area contributed by atoms with Gasteiger partial charge in [-0.25, -0.2) is 4.98 Å². The SMILES string of the molecule is CCC(C=O)=Cc1cc2cccc(C)c2nc1Cl. The van der Waals surface area contributed by atoms with Gasteiger partial charge < -0.3 is 0 Å². The standard InChI is InChI=1S/C15H14ClNO/c1-3-11(9-18)7-13-8-12-6-4-5-10(2)14(12)17-15(13)16/h4-9H,3H2,1-2H3. The van der Waals surface area contributed by atoms with Gasteiger partial charge in [-0.05, 0) is 36.6 Å². The summed E-state index contributed by atoms with van der Waals surface area (Å²) in [7, 11) is 0. The Morgan fingerprint density at radius 1 is 1.44 bits per heavy atom. The average molecular weight is 260 g/mol. The number of hydrogen-bond donors (Lipinski definition) is 0. The molecule has 0 aliphatic carbocycles. The number of pyridine rings is 1. The second-order valence-electron chi connectivity index (χ2n) is 4.21. The second kappa shape index (κ2) is 5.32. The van der Waals surface area contributed by atoms with Gasteiger partial charge in [-0.2, -0.15) is 0 Å². The molecule has 92 valence electrons. The number of nitrogens with zero attached hydrogens (tertiary/aromatic N) is 1. The molecule has 0 radical (unpaired) electrons. The summed E-state index contributed by atoms with van der Waals surface area (Å²) in [5.41, 5.74) is 3.50. The van der Waals surface area contributed by atoms with Crippen molar-refractivity contribution in [3.05, 3.63) is 46.1 Å². The Kier molecular flexibility index (Phi) is 3.78. The van der Waals surface area contributed by atoms with Crippen LogP contribution in [0.25, 0.3) is 17.0 Å². The highest BCUT2D eigenvalue weighted by Gasteiger charge is 2.05. The van der Waals surface area contributed by atoms with Crippen molar-refractivity contribution in [2.24, 2.45) is 0 Å². The molecule has 0 spiro atoms. The Bertz CT molecular complexity index is 632. The largest absolute Gasteiger partial charge is 0.298 e. The smallest absolute Gasteiger partial charge is 0.146 e. The monoisotopic (exact) mass is 259 g/mol. The fraction of sp³-hybridized carbons (Fsp3) is 0.200. The van der Waals surface area contributed by atoms with Gasteiger partial charge in [0.05, 0.1) is 5.52 Å². The number of aryl methyl sites for hydroxylation is 1. The molecule has 2 rings (SSSR count). The van der Waals surface area contributed by atoms with Gasteiger partial charge in [-0.3, -0.25) is 4.79 Å². The van der Waals surface area contributed by atoms with E-state index in [2.05, 4.69) is 4.98 Å². The Balaban J connectivity index is 2.63. The number of aromatic nitrogens is 1. The van der Waals surface area contributed by atoms with Crippen LogP contribution in [0.2, 0.25) is 5.15 Å². The van der Waals surface area contributed by atoms with Crippen molar-refractivity contribution in [2.75, 3.05) is 0 Å². The molecule has 0 saturated carbocycles. The van der Waals surface area contributed by atoms with Gasteiger partial charge in [-0.1, -0.05) is 36.7 Å². The third kappa shape index (κ3) is 2.44. The molecular formula is C15H14ClNO. The van der Waals surface area contributed by atoms with Crippen LogP contribution < -0.4 is 0 Å². The molecule has 0 aliphatic rings. The van der Waals surface area contributed by atoms with Crippen molar-refractivity contribution in [1.29, 1.82) is 0 Å². The molecule has 3 heteroatoms. The van der Waals surface area contributed by atoms with E-state index in [1.54, 1.807) is 6.08 Å². The van der Waals surface area contributed by atoms with Crippen LogP contribution in [-0.4, -0.2) is 11.3 Å². The zero-order valence-electron chi connectivity index (χ0n) is 10.4. The number of fused-ring (bicyclic) bond motifs is 1. The molecule has 0 aliphatic heterocycles. The molecule has 0 atom stereocenters. The summed E-state index contributed by atoms with van der Waals surface area (Å²) >= 11 is 6.16. The molecule has 0 bridgehead atoms. The van der Waals surface area contributed by atoms with Crippen LogP contribution in [0, 0.1) is 6.92 Å². The predicted molar refractivity (Wildman–Crippen MR) is 75.8 cm³/mol. The van der Waals surface area contributed by atoms with E-state index in [0.717, 1.165) is 28.3 Å². The number of halogens is 1. The normalized spacial score (nSPS) is 11.8. The summed E-state index contributed by atoms with van der Waals surface area (Å²) in [6.45, 7) is 3.94. The summed E-state index contributed by atoms with van der Waals surface area (Å²) in [6, 6.07) is 7.96. The number of rotatable bonds is 3. The van der Waals surface area contributed by atoms with E-state index < -0.39 is 0 Å². The van der Waals surface area contributed by atoms with Crippen molar-refractivity contribution < 1.29 is 4.79 Å². The number of aldehydes is 1. The Labute approximate surface area is 111 Å². The minimum Gasteiger partial charge on any atom is -0.298 e. The molecule has 0 saturated heterocycles. The van der Waals surface area contributed by atoms with Gasteiger partial charge in [0, 0.05) is 10.9 Å². The summed E-state index contributed by atoms with van der Waals surface area (Å²) < 4.78 is 0. The number of carbonyl (C=O) groups is 1. The summed E-state index contributed by atoms with van der Waals surface area (Å²) in [6.07, 6.45) is 3.34. The summed E-state index contributed by atoms with van der Waals surface area (Å²) in [5.74, 6) is 0. The Morgan fingerprint density at radius 2 is 2.22 bits per heavy atom. The highest BCUT2D eigenvalue weighted by atomic mass is 35.5. The van der Waals surface area contributed by atoms with Crippen LogP contribution in [0.5, 0.6) is 0 Å². The van der Waals surface area contributed by atoms with E-state index >= 15 is 0 Å². The first-order chi connectivity index (χ1) is 8.65. The molecule has 0 N–H and O–H groups in total. The molecule has 0 unspecified atom stereocenters. The lowest BCUT2D eigenvalue weighted by Crippen LogP contribution is -1.89. The zero-order valence-corrected chi connectivity index (χ0v) is 11.2. The lowest BCUT2D eigenvalue weighted by atomic mass is 10.1. The van der Waals surface area contributed by atoms with Crippen LogP contribution in [0.1, 0.15) is 24.5 Å². The van der Waals surface area contributed by atoms with Gasteiger partial charge in [0.25, 0.3) is 0 Å². The molecule has 2 aromatic rings. The molecule has 2 nitrogen and oxygen atoms in total. The van der Waals surface area contributed by atoms with Gasteiger partial charge in [0.15, 0.2) is 0 Å². The van der Waals surface area contributed by atoms with E-state index in [0.29, 0.717) is 17.1 Å². The van der Waals surface area contributed by atoms with E-state index in [1.807, 2.05) is 38.1 Å². The number of carbonyl (C=O) groups excluding carboxylic acids is 1. The highest BCUT2D eigenvalue weighted by Crippen LogP contribution is 2.24. The van der Waals surface area contributed by atoms with Crippen LogP contribution >= 0.6 is 11.6 Å². The quantitative estimate of drug-likeness (QED) is 0.470. The highest BCUT2D eigenvalue weighted by molar-refractivity contribution is 6.31. The maximum absolute atomic E-state index is 10.8. The van der Waals surface area contributed by atoms with Crippen LogP contribution in [0.3, 0.4) is 0 Å². The van der Waals surface area contributed by atoms with Gasteiger partial charge in [0.2, 0.25) is 0 Å². The fourth-order valence-electron chi connectivity index (χ4n) is 1.86. The predicted octanol–water partition coefficient (Wildman–Crippen LogP) is 4.19. The van der Waals surface area contributed by atoms with Gasteiger partial charge >= 0.3 is 0 Å². The number of hydrogen-bond acceptors (Lipinski definition) is 2. The topological polar surface area (TPSA) is 30.0 Å². The van der Waals surface area contributed by atoms with Crippen LogP contribution in [0.15, 0.2) is 29.8 Å². The van der Waals surface area contributed by atoms with Crippen molar-refractivity contribution in [3.8, 4) is 0 Å². The molecule has 1 aromatic heterocycles. The first-order valence-electron chi connectivity index (χ1n) is 5.87. The maximum Gasteiger partial charge on any atom is 0.146 e. The molecule has 18 heavy (non-hydrogen) atoms. The fourth-order valence-corrected chi connectivity index (χ4v) is 2.05. The molecule has 1 aromatic carbocycles. The summed E-state index contributed by atoms with van der Waals surface area (Å²) in [5, 5.41) is 1.47. The van der Waals surface area contributed by atoms with Crippen LogP contribution in [-0.2, 0) is 4.79 Å². The molecule has 0 fully saturated rings. The zero-order chi connectivity index (χ0) is 13.1. The average Bonchev–Trinajstić information content (AvgIpc) is 2.37. The van der Waals surface area contributed by atoms with E-state index in [4.69, 9.17) is 11.6 Å². The Hall–Kier alpha value is -1.67. The van der Waals surface area contributed by atoms with E-state index in [-0.39, 0.29) is 0 Å². The molecule has 1 heterocycles. The maximum atomic E-state index is 10.8. The van der Waals surface area contributed by atoms with Crippen molar-refractivity contribution in [2.45, 2.75) is 20.3 Å². The molecular weight excluding hydrogens is 246 g/mol. The third-order valence-electron chi connectivity index (χ3n) is 2.93. The van der Waals surface area contributed by atoms with Crippen molar-refractivity contribution in [3.63, 3.8) is 0 Å². The minimum absolute atomic E-state index is 0.435. The van der Waals surface area contributed by atoms with Gasteiger partial charge in [-0.15, -0.1) is 0 Å². The first kappa shape index (κ1) is 12.8. The van der Waals surface area contributed by atoms with Crippen molar-refractivity contribution >= 4 is 34.9 Å². The van der Waals surface area contributed by atoms with E-state index in [1.165, 1.54) is 0 Å². The first-order valence-corrected chi connectivity index (χ1v) is 6.25. The lowest BCUT2D eigenvalue weighted by Gasteiger charge is -2.05. The lowest BCUT2D eigenvalue weighted by molar-refractivity contribution is -0.104. The number of benzene rings is 1. The van der Waals surface area contributed by atoms with Crippen molar-refractivity contribution in [1.82, 2.24) is 4.98 Å². The number of allylic oxidation sites excluding steroid dienone is 1. The number of para-hydroxylation sites is 1. The second-order valence-corrected chi connectivity index (χ2v) is 4.56. The minimum atomic E-state index is 0.435. The third-order valence-corrected chi connectivity index (χ3v) is 3.23.